The molecule has 0 unspecified atom stereocenters. The van der Waals surface area contributed by atoms with Gasteiger partial charge in [0.25, 0.3) is 0 Å². The normalized spacial score (nSPS) is 25.2. The Kier molecular flexibility index (Phi) is 6.32. The van der Waals surface area contributed by atoms with E-state index in [1.807, 2.05) is 0 Å². The van der Waals surface area contributed by atoms with E-state index < -0.39 is 17.5 Å². The Morgan fingerprint density at radius 2 is 2.20 bits per heavy atom. The number of nitrogens with zero attached hydrogens (tertiary/aromatic N) is 1. The second-order valence-corrected chi connectivity index (χ2v) is 6.50. The van der Waals surface area contributed by atoms with Crippen molar-refractivity contribution in [2.75, 3.05) is 12.3 Å². The fraction of sp³-hybridized carbons (Fsp3) is 0.667. The molecule has 1 saturated heterocycles. The van der Waals surface area contributed by atoms with E-state index in [1.54, 1.807) is 13.8 Å². The molecule has 2 rings (SSSR count). The van der Waals surface area contributed by atoms with E-state index >= 15 is 0 Å². The predicted octanol–water partition coefficient (Wildman–Crippen LogP) is -4.35. The first-order valence-electron chi connectivity index (χ1n) is 6.11. The van der Waals surface area contributed by atoms with Gasteiger partial charge in [-0.05, 0) is 13.8 Å². The first-order chi connectivity index (χ1) is 8.79. The Morgan fingerprint density at radius 3 is 2.65 bits per heavy atom. The number of hydrogen-bond donors (Lipinski definition) is 2. The van der Waals surface area contributed by atoms with Crippen molar-refractivity contribution in [1.82, 2.24) is 4.90 Å². The summed E-state index contributed by atoms with van der Waals surface area (Å²) in [6.07, 6.45) is 0.453. The van der Waals surface area contributed by atoms with Gasteiger partial charge < -0.3 is 25.6 Å². The van der Waals surface area contributed by atoms with Crippen molar-refractivity contribution in [3.8, 4) is 0 Å². The average Bonchev–Trinajstić information content (AvgIpc) is 2.58. The molecule has 1 amide bonds. The number of hydrogen-bond acceptors (Lipinski definition) is 6. The third-order valence-electron chi connectivity index (χ3n) is 3.47. The van der Waals surface area contributed by atoms with Crippen LogP contribution in [0.5, 0.6) is 0 Å². The number of rotatable bonds is 5. The molecule has 0 bridgehead atoms. The molecule has 3 N–H and O–H groups in total. The molecule has 0 aliphatic carbocycles. The van der Waals surface area contributed by atoms with Gasteiger partial charge >= 0.3 is 51.4 Å². The molecule has 0 aromatic carbocycles. The standard InChI is InChI=1S/C12H18N2O4S.K/c1-12(2,18)8-6-5-7(19-4-3-13)9(11(16)17)14(6)10(8)15;/h6,8,18H,3-5,13H2,1-2H3,(H,16,17);/q;+1/p-1/t6-,8-;/m1./s1. The summed E-state index contributed by atoms with van der Waals surface area (Å²) in [5, 5.41) is 21.2. The summed E-state index contributed by atoms with van der Waals surface area (Å²) in [5.41, 5.74) is 4.21. The van der Waals surface area contributed by atoms with Crippen molar-refractivity contribution in [2.24, 2.45) is 11.7 Å². The van der Waals surface area contributed by atoms with Crippen LogP contribution in [0.3, 0.4) is 0 Å². The number of carbonyl (C=O) groups excluding carboxylic acids is 2. The van der Waals surface area contributed by atoms with Gasteiger partial charge in [0.05, 0.1) is 29.2 Å². The molecule has 6 nitrogen and oxygen atoms in total. The third kappa shape index (κ3) is 3.17. The minimum absolute atomic E-state index is 0. The molecule has 2 heterocycles. The summed E-state index contributed by atoms with van der Waals surface area (Å²) in [6, 6.07) is -0.277. The minimum atomic E-state index is -1.34. The van der Waals surface area contributed by atoms with Crippen LogP contribution in [0.2, 0.25) is 0 Å². The van der Waals surface area contributed by atoms with E-state index in [-0.39, 0.29) is 69.0 Å². The van der Waals surface area contributed by atoms with Crippen LogP contribution >= 0.6 is 11.8 Å². The van der Waals surface area contributed by atoms with Crippen LogP contribution in [0.25, 0.3) is 0 Å². The van der Waals surface area contributed by atoms with Gasteiger partial charge in [-0.3, -0.25) is 4.79 Å². The second-order valence-electron chi connectivity index (χ2n) is 5.31. The minimum Gasteiger partial charge on any atom is -0.543 e. The van der Waals surface area contributed by atoms with Crippen LogP contribution in [0.15, 0.2) is 10.6 Å². The molecule has 2 atom stereocenters. The summed E-state index contributed by atoms with van der Waals surface area (Å²) in [7, 11) is 0. The van der Waals surface area contributed by atoms with Gasteiger partial charge in [-0.1, -0.05) is 0 Å². The molecule has 0 saturated carbocycles. The first kappa shape index (κ1) is 18.6. The average molecular weight is 324 g/mol. The van der Waals surface area contributed by atoms with E-state index in [1.165, 1.54) is 16.7 Å². The van der Waals surface area contributed by atoms with Crippen LogP contribution in [0.1, 0.15) is 20.3 Å². The number of fused-ring (bicyclic) bond motifs is 1. The van der Waals surface area contributed by atoms with Crippen molar-refractivity contribution in [3.63, 3.8) is 0 Å². The Morgan fingerprint density at radius 1 is 1.60 bits per heavy atom. The molecule has 106 valence electrons. The fourth-order valence-corrected chi connectivity index (χ4v) is 3.72. The number of carboxylic acids is 1. The van der Waals surface area contributed by atoms with Crippen molar-refractivity contribution < 1.29 is 71.2 Å². The maximum Gasteiger partial charge on any atom is 1.00 e. The molecule has 0 radical (unpaired) electrons. The van der Waals surface area contributed by atoms with Gasteiger partial charge in [0.2, 0.25) is 5.91 Å². The zero-order valence-electron chi connectivity index (χ0n) is 11.9. The predicted molar refractivity (Wildman–Crippen MR) is 68.6 cm³/mol. The van der Waals surface area contributed by atoms with E-state index in [0.717, 1.165) is 0 Å². The zero-order valence-corrected chi connectivity index (χ0v) is 15.8. The van der Waals surface area contributed by atoms with Crippen LogP contribution in [-0.4, -0.2) is 45.8 Å². The molecule has 2 aliphatic heterocycles. The number of thioether (sulfide) groups is 1. The summed E-state index contributed by atoms with van der Waals surface area (Å²) in [4.78, 5) is 25.1. The first-order valence-corrected chi connectivity index (χ1v) is 7.10. The Balaban J connectivity index is 0.00000200. The van der Waals surface area contributed by atoms with Crippen molar-refractivity contribution in [2.45, 2.75) is 31.9 Å². The molecule has 0 spiro atoms. The maximum atomic E-state index is 12.0. The molecule has 20 heavy (non-hydrogen) atoms. The van der Waals surface area contributed by atoms with E-state index in [2.05, 4.69) is 0 Å². The SMILES string of the molecule is CC(C)(O)[C@H]1C(=O)N2C(C(=O)[O-])=C(SCCN)C[C@H]12.[K+]. The van der Waals surface area contributed by atoms with Gasteiger partial charge in [-0.25, -0.2) is 0 Å². The maximum absolute atomic E-state index is 12.0. The van der Waals surface area contributed by atoms with Gasteiger partial charge in [-0.2, -0.15) is 0 Å². The van der Waals surface area contributed by atoms with Crippen molar-refractivity contribution >= 4 is 23.6 Å². The number of amides is 1. The molecular weight excluding hydrogens is 307 g/mol. The quantitative estimate of drug-likeness (QED) is 0.391. The topological polar surface area (TPSA) is 107 Å². The Bertz CT molecular complexity index is 461. The summed E-state index contributed by atoms with van der Waals surface area (Å²) < 4.78 is 0. The van der Waals surface area contributed by atoms with Gasteiger partial charge in [-0.15, -0.1) is 11.8 Å². The van der Waals surface area contributed by atoms with Crippen molar-refractivity contribution in [3.05, 3.63) is 10.6 Å². The summed E-state index contributed by atoms with van der Waals surface area (Å²) in [5.74, 6) is -1.66. The van der Waals surface area contributed by atoms with Gasteiger partial charge in [0.1, 0.15) is 0 Å². The smallest absolute Gasteiger partial charge is 0.543 e. The van der Waals surface area contributed by atoms with E-state index in [4.69, 9.17) is 5.73 Å². The zero-order chi connectivity index (χ0) is 14.4. The molecule has 8 heteroatoms. The van der Waals surface area contributed by atoms with Gasteiger partial charge in [0, 0.05) is 23.6 Å². The number of nitrogens with two attached hydrogens (primary N) is 1. The number of β-lactam (4-membered cyclic amide) rings is 1. The Labute approximate surface area is 164 Å². The van der Waals surface area contributed by atoms with E-state index in [0.29, 0.717) is 23.6 Å². The molecule has 0 aromatic heterocycles. The Hall–Kier alpha value is 0.586. The molecule has 1 fully saturated rings. The second kappa shape index (κ2) is 6.78. The third-order valence-corrected chi connectivity index (χ3v) is 4.62. The molecule has 2 aliphatic rings. The molecule has 0 aromatic rings. The largest absolute Gasteiger partial charge is 1.00 e. The number of carbonyl (C=O) groups is 2. The van der Waals surface area contributed by atoms with E-state index in [9.17, 15) is 19.8 Å². The molecular formula is C12H17KN2O4S. The monoisotopic (exact) mass is 324 g/mol. The number of carboxylic acid groups (broad SMARTS) is 1. The van der Waals surface area contributed by atoms with Gasteiger partial charge in [0.15, 0.2) is 0 Å². The van der Waals surface area contributed by atoms with Crippen molar-refractivity contribution in [1.29, 1.82) is 0 Å². The van der Waals surface area contributed by atoms with Crippen LogP contribution in [-0.2, 0) is 9.59 Å². The number of aliphatic carboxylic acids is 1. The fourth-order valence-electron chi connectivity index (χ4n) is 2.75. The van der Waals surface area contributed by atoms with Crippen LogP contribution < -0.4 is 62.2 Å². The van der Waals surface area contributed by atoms with Crippen LogP contribution in [0, 0.1) is 5.92 Å². The number of aliphatic hydroxyl groups is 1. The summed E-state index contributed by atoms with van der Waals surface area (Å²) >= 11 is 1.34. The summed E-state index contributed by atoms with van der Waals surface area (Å²) in [6.45, 7) is 3.56. The van der Waals surface area contributed by atoms with Crippen LogP contribution in [0.4, 0.5) is 0 Å².